The summed E-state index contributed by atoms with van der Waals surface area (Å²) in [6.45, 7) is 7.01. The lowest BCUT2D eigenvalue weighted by Gasteiger charge is -2.11. The molecule has 146 valence electrons. The Bertz CT molecular complexity index is 647. The van der Waals surface area contributed by atoms with Gasteiger partial charge in [-0.25, -0.2) is 13.1 Å². The molecule has 0 heterocycles. The molecule has 0 aromatic carbocycles. The normalized spacial score (nSPS) is 12.7. The predicted octanol–water partition coefficient (Wildman–Crippen LogP) is 3.17. The molecule has 0 aromatic heterocycles. The van der Waals surface area contributed by atoms with E-state index in [1.807, 2.05) is 0 Å². The van der Waals surface area contributed by atoms with Crippen molar-refractivity contribution in [2.75, 3.05) is 6.26 Å². The summed E-state index contributed by atoms with van der Waals surface area (Å²) in [6, 6.07) is -0.467. The van der Waals surface area contributed by atoms with E-state index in [1.165, 1.54) is 38.7 Å². The number of ether oxygens (including phenoxy) is 1. The summed E-state index contributed by atoms with van der Waals surface area (Å²) in [5.74, 6) is 10.3. The highest BCUT2D eigenvalue weighted by Crippen LogP contribution is 2.10. The highest BCUT2D eigenvalue weighted by atomic mass is 32.2. The molecule has 0 aliphatic rings. The molecule has 6 heteroatoms. The number of esters is 1. The molecule has 0 aromatic rings. The summed E-state index contributed by atoms with van der Waals surface area (Å²) in [5, 5.41) is 0. The summed E-state index contributed by atoms with van der Waals surface area (Å²) in [6.07, 6.45) is 10.5. The number of hydrogen-bond acceptors (Lipinski definition) is 4. The van der Waals surface area contributed by atoms with E-state index in [9.17, 15) is 13.2 Å². The van der Waals surface area contributed by atoms with Crippen LogP contribution in [0.5, 0.6) is 0 Å². The Kier molecular flexibility index (Phi) is 13.4. The minimum Gasteiger partial charge on any atom is -0.445 e. The van der Waals surface area contributed by atoms with Crippen molar-refractivity contribution in [1.82, 2.24) is 4.72 Å². The maximum atomic E-state index is 11.5. The van der Waals surface area contributed by atoms with Gasteiger partial charge in [-0.15, -0.1) is 0 Å². The molecule has 0 fully saturated rings. The van der Waals surface area contributed by atoms with Crippen molar-refractivity contribution in [3.63, 3.8) is 0 Å². The van der Waals surface area contributed by atoms with Gasteiger partial charge in [-0.2, -0.15) is 0 Å². The van der Waals surface area contributed by atoms with Crippen LogP contribution in [0.25, 0.3) is 0 Å². The Balaban J connectivity index is 4.57. The van der Waals surface area contributed by atoms with Gasteiger partial charge in [0.2, 0.25) is 10.0 Å². The zero-order chi connectivity index (χ0) is 19.8. The van der Waals surface area contributed by atoms with Crippen molar-refractivity contribution in [3.05, 3.63) is 12.7 Å². The zero-order valence-electron chi connectivity index (χ0n) is 16.1. The quantitative estimate of drug-likeness (QED) is 0.244. The molecule has 0 saturated heterocycles. The summed E-state index contributed by atoms with van der Waals surface area (Å²) in [5.41, 5.74) is 0. The highest BCUT2D eigenvalue weighted by Gasteiger charge is 2.10. The van der Waals surface area contributed by atoms with Crippen molar-refractivity contribution in [3.8, 4) is 23.7 Å². The second-order valence-electron chi connectivity index (χ2n) is 6.16. The second kappa shape index (κ2) is 14.4. The summed E-state index contributed by atoms with van der Waals surface area (Å²) >= 11 is 0. The molecule has 5 nitrogen and oxygen atoms in total. The van der Waals surface area contributed by atoms with Crippen LogP contribution in [0.2, 0.25) is 0 Å². The number of rotatable bonds is 12. The fraction of sp³-hybridized carbons (Fsp3) is 0.650. The molecule has 0 aliphatic carbocycles. The number of carbonyl (C=O) groups excluding carboxylic acids is 1. The largest absolute Gasteiger partial charge is 0.445 e. The van der Waals surface area contributed by atoms with Gasteiger partial charge < -0.3 is 4.74 Å². The third-order valence-corrected chi connectivity index (χ3v) is 4.20. The average Bonchev–Trinajstić information content (AvgIpc) is 2.54. The molecule has 2 unspecified atom stereocenters. The Labute approximate surface area is 159 Å². The first kappa shape index (κ1) is 24.2. The van der Waals surface area contributed by atoms with E-state index in [0.29, 0.717) is 6.42 Å². The second-order valence-corrected chi connectivity index (χ2v) is 7.94. The van der Waals surface area contributed by atoms with Gasteiger partial charge in [0.05, 0.1) is 12.3 Å². The van der Waals surface area contributed by atoms with Crippen LogP contribution in [-0.4, -0.2) is 32.8 Å². The lowest BCUT2D eigenvalue weighted by molar-refractivity contribution is -0.142. The molecule has 1 N–H and O–H groups in total. The lowest BCUT2D eigenvalue weighted by atomic mass is 10.1. The van der Waals surface area contributed by atoms with Gasteiger partial charge in [0.25, 0.3) is 0 Å². The van der Waals surface area contributed by atoms with Crippen LogP contribution < -0.4 is 4.72 Å². The number of carbonyl (C=O) groups is 1. The standard InChI is InChI=1S/C20H31NO4S/c1-5-7-8-9-10-11-12-15-19(21-26(4,23)24)16-13-14-17-20(6-2)25-18(3)22/h6,19-21H,2,5,7-12,15H2,1,3-4H3. The van der Waals surface area contributed by atoms with Crippen LogP contribution in [-0.2, 0) is 19.6 Å². The third kappa shape index (κ3) is 15.7. The average molecular weight is 382 g/mol. The molecule has 2 atom stereocenters. The Morgan fingerprint density at radius 3 is 2.23 bits per heavy atom. The molecule has 0 bridgehead atoms. The van der Waals surface area contributed by atoms with Crippen molar-refractivity contribution in [1.29, 1.82) is 0 Å². The summed E-state index contributed by atoms with van der Waals surface area (Å²) in [4.78, 5) is 10.9. The van der Waals surface area contributed by atoms with Gasteiger partial charge in [-0.1, -0.05) is 64.4 Å². The molecular weight excluding hydrogens is 350 g/mol. The van der Waals surface area contributed by atoms with E-state index >= 15 is 0 Å². The van der Waals surface area contributed by atoms with Gasteiger partial charge in [0.1, 0.15) is 0 Å². The SMILES string of the molecule is C=CC(C#CC#CC(CCCCCCCCC)NS(C)(=O)=O)OC(C)=O. The van der Waals surface area contributed by atoms with Crippen LogP contribution in [0.4, 0.5) is 0 Å². The van der Waals surface area contributed by atoms with E-state index in [-0.39, 0.29) is 0 Å². The smallest absolute Gasteiger partial charge is 0.304 e. The maximum Gasteiger partial charge on any atom is 0.304 e. The van der Waals surface area contributed by atoms with Gasteiger partial charge in [0.15, 0.2) is 6.10 Å². The Morgan fingerprint density at radius 2 is 1.69 bits per heavy atom. The molecule has 0 radical (unpaired) electrons. The Hall–Kier alpha value is -1.76. The molecule has 0 saturated carbocycles. The number of sulfonamides is 1. The van der Waals surface area contributed by atoms with E-state index < -0.39 is 28.1 Å². The van der Waals surface area contributed by atoms with Gasteiger partial charge in [-0.3, -0.25) is 4.79 Å². The fourth-order valence-electron chi connectivity index (χ4n) is 2.27. The zero-order valence-corrected chi connectivity index (χ0v) is 17.0. The van der Waals surface area contributed by atoms with Gasteiger partial charge in [-0.05, 0) is 30.3 Å². The number of nitrogens with one attached hydrogen (secondary N) is 1. The Morgan fingerprint density at radius 1 is 1.12 bits per heavy atom. The van der Waals surface area contributed by atoms with Crippen molar-refractivity contribution in [2.45, 2.75) is 77.4 Å². The number of hydrogen-bond donors (Lipinski definition) is 1. The number of unbranched alkanes of at least 4 members (excludes halogenated alkanes) is 6. The molecule has 0 amide bonds. The van der Waals surface area contributed by atoms with Crippen molar-refractivity contribution >= 4 is 16.0 Å². The van der Waals surface area contributed by atoms with E-state index in [4.69, 9.17) is 4.74 Å². The highest BCUT2D eigenvalue weighted by molar-refractivity contribution is 7.88. The van der Waals surface area contributed by atoms with Crippen molar-refractivity contribution < 1.29 is 17.9 Å². The van der Waals surface area contributed by atoms with Crippen LogP contribution in [0.15, 0.2) is 12.7 Å². The molecule has 0 aliphatic heterocycles. The van der Waals surface area contributed by atoms with Crippen molar-refractivity contribution in [2.24, 2.45) is 0 Å². The molecular formula is C20H31NO4S. The first-order valence-corrected chi connectivity index (χ1v) is 11.0. The molecule has 26 heavy (non-hydrogen) atoms. The third-order valence-electron chi connectivity index (χ3n) is 3.48. The van der Waals surface area contributed by atoms with E-state index in [1.54, 1.807) is 0 Å². The van der Waals surface area contributed by atoms with Crippen LogP contribution in [0.1, 0.15) is 65.2 Å². The van der Waals surface area contributed by atoms with Gasteiger partial charge >= 0.3 is 5.97 Å². The first-order valence-electron chi connectivity index (χ1n) is 9.06. The monoisotopic (exact) mass is 381 g/mol. The maximum absolute atomic E-state index is 11.5. The topological polar surface area (TPSA) is 72.5 Å². The minimum atomic E-state index is -3.34. The van der Waals surface area contributed by atoms with Crippen LogP contribution in [0, 0.1) is 23.7 Å². The van der Waals surface area contributed by atoms with E-state index in [2.05, 4.69) is 41.9 Å². The predicted molar refractivity (Wildman–Crippen MR) is 106 cm³/mol. The van der Waals surface area contributed by atoms with Crippen LogP contribution >= 0.6 is 0 Å². The molecule has 0 rings (SSSR count). The van der Waals surface area contributed by atoms with Gasteiger partial charge in [0, 0.05) is 6.92 Å². The van der Waals surface area contributed by atoms with E-state index in [0.717, 1.165) is 25.5 Å². The lowest BCUT2D eigenvalue weighted by Crippen LogP contribution is -2.32. The summed E-state index contributed by atoms with van der Waals surface area (Å²) < 4.78 is 30.4. The summed E-state index contributed by atoms with van der Waals surface area (Å²) in [7, 11) is -3.34. The molecule has 0 spiro atoms. The first-order chi connectivity index (χ1) is 12.3. The minimum absolute atomic E-state index is 0.451. The fourth-order valence-corrected chi connectivity index (χ4v) is 2.96. The van der Waals surface area contributed by atoms with Crippen LogP contribution in [0.3, 0.4) is 0 Å².